The molecule has 0 bridgehead atoms. The molecule has 0 spiro atoms. The van der Waals surface area contributed by atoms with Crippen molar-refractivity contribution in [3.63, 3.8) is 0 Å². The van der Waals surface area contributed by atoms with Crippen molar-refractivity contribution in [2.75, 3.05) is 45.8 Å². The van der Waals surface area contributed by atoms with E-state index in [-0.39, 0.29) is 94.8 Å². The second-order valence-electron chi connectivity index (χ2n) is 17.5. The van der Waals surface area contributed by atoms with Crippen LogP contribution >= 0.6 is 0 Å². The fraction of sp³-hybridized carbons (Fsp3) is 0.587. The number of aliphatic imine (C=N–C) groups is 1. The quantitative estimate of drug-likeness (QED) is 0.0136. The zero-order valence-electron chi connectivity index (χ0n) is 42.0. The van der Waals surface area contributed by atoms with Gasteiger partial charge in [-0.3, -0.25) is 43.8 Å². The summed E-state index contributed by atoms with van der Waals surface area (Å²) < 4.78 is 28.4. The highest BCUT2D eigenvalue weighted by Gasteiger charge is 2.38. The first-order valence-corrected chi connectivity index (χ1v) is 24.5. The third kappa shape index (κ3) is 22.5. The van der Waals surface area contributed by atoms with E-state index in [1.165, 1.54) is 13.0 Å². The van der Waals surface area contributed by atoms with E-state index < -0.39 is 132 Å². The van der Waals surface area contributed by atoms with Crippen LogP contribution in [0.15, 0.2) is 35.0 Å². The standard InChI is InChI=1S/C46H74F2N16O11/c1-25(58-43(72)37(35(65)23-52)63-39(68)29(53)9-2-4-16-49)38(67)57-24-36(66)59-31(11-6-18-51)44(73)64-20-8-13-34(64)42(71)62-33(22-26-14-15-27(47)28(48)21-26)41(70)60-30(10-3-5-17-50)40(69)61-32(45(74)75)12-7-19-56-46(54)55/h12,14-15,21,25,29-30,33-35,37,65H,2-11,13,16-20,22-24,49-53H2,1H3,(H,57,67)(H,58,72)(H,60,70)(H,61,69)(H,62,71)(H,63,68)(H,74,75)(H4,54,55,56)/b32-12-,59-31+/t25-,29-,30-,33-,34-,35-,37-/m0/s1. The van der Waals surface area contributed by atoms with E-state index in [0.29, 0.717) is 25.8 Å². The van der Waals surface area contributed by atoms with Gasteiger partial charge in [-0.2, -0.15) is 0 Å². The number of guanidine groups is 1. The van der Waals surface area contributed by atoms with Crippen molar-refractivity contribution in [3.8, 4) is 0 Å². The molecule has 1 aliphatic rings. The van der Waals surface area contributed by atoms with Crippen molar-refractivity contribution in [3.05, 3.63) is 47.2 Å². The number of nitrogens with zero attached hydrogens (tertiary/aromatic N) is 2. The lowest BCUT2D eigenvalue weighted by Crippen LogP contribution is -2.60. The van der Waals surface area contributed by atoms with Crippen LogP contribution in [0, 0.1) is 17.0 Å². The number of rotatable bonds is 33. The average molecular weight is 1070 g/mol. The smallest absolute Gasteiger partial charge is 0.352 e. The van der Waals surface area contributed by atoms with Crippen molar-refractivity contribution in [1.82, 2.24) is 42.1 Å². The monoisotopic (exact) mass is 1060 g/mol. The lowest BCUT2D eigenvalue weighted by atomic mass is 10.0. The molecule has 1 fully saturated rings. The molecule has 418 valence electrons. The first-order valence-electron chi connectivity index (χ1n) is 24.5. The molecule has 1 heterocycles. The second-order valence-corrected chi connectivity index (χ2v) is 17.5. The molecular formula is C46H74F2N16O11. The van der Waals surface area contributed by atoms with Gasteiger partial charge in [-0.15, -0.1) is 0 Å². The molecule has 0 saturated carbocycles. The highest BCUT2D eigenvalue weighted by Crippen LogP contribution is 2.20. The number of carbonyl (C=O) groups excluding carboxylic acids is 8. The van der Waals surface area contributed by atoms with Crippen LogP contribution in [0.3, 0.4) is 0 Å². The zero-order chi connectivity index (χ0) is 56.2. The Bertz CT molecular complexity index is 2220. The molecular weight excluding hydrogens is 991 g/mol. The van der Waals surface area contributed by atoms with Crippen LogP contribution < -0.4 is 71.6 Å². The van der Waals surface area contributed by atoms with Gasteiger partial charge in [0.2, 0.25) is 35.4 Å². The third-order valence-corrected chi connectivity index (χ3v) is 11.6. The minimum atomic E-state index is -1.61. The molecule has 0 unspecified atom stereocenters. The molecule has 1 aliphatic heterocycles. The van der Waals surface area contributed by atoms with E-state index in [1.54, 1.807) is 0 Å². The number of amides is 8. The summed E-state index contributed by atoms with van der Waals surface area (Å²) in [5.74, 6) is -11.7. The molecule has 0 aliphatic carbocycles. The minimum Gasteiger partial charge on any atom is -0.477 e. The minimum absolute atomic E-state index is 0.0190. The van der Waals surface area contributed by atoms with Gasteiger partial charge in [0.05, 0.1) is 18.7 Å². The Labute approximate surface area is 432 Å². The summed E-state index contributed by atoms with van der Waals surface area (Å²) >= 11 is 0. The van der Waals surface area contributed by atoms with Gasteiger partial charge in [0, 0.05) is 26.1 Å². The number of nitrogens with two attached hydrogens (primary N) is 6. The molecule has 75 heavy (non-hydrogen) atoms. The number of unbranched alkanes of at least 4 members (excludes halogenated alkanes) is 2. The van der Waals surface area contributed by atoms with E-state index in [1.807, 2.05) is 0 Å². The Morgan fingerprint density at radius 3 is 2.11 bits per heavy atom. The molecule has 0 aromatic heterocycles. The summed E-state index contributed by atoms with van der Waals surface area (Å²) in [5.41, 5.74) is 32.7. The summed E-state index contributed by atoms with van der Waals surface area (Å²) in [4.78, 5) is 125. The Kier molecular flexibility index (Phi) is 28.8. The molecule has 2 rings (SSSR count). The Morgan fingerprint density at radius 2 is 1.49 bits per heavy atom. The summed E-state index contributed by atoms with van der Waals surface area (Å²) in [6.07, 6.45) is 1.48. The van der Waals surface area contributed by atoms with Crippen molar-refractivity contribution in [2.24, 2.45) is 39.4 Å². The number of carboxylic acid groups (broad SMARTS) is 1. The van der Waals surface area contributed by atoms with Gasteiger partial charge in [0.1, 0.15) is 41.6 Å². The lowest BCUT2D eigenvalue weighted by Gasteiger charge is -2.28. The average Bonchev–Trinajstić information content (AvgIpc) is 3.87. The highest BCUT2D eigenvalue weighted by molar-refractivity contribution is 6.40. The fourth-order valence-corrected chi connectivity index (χ4v) is 7.42. The largest absolute Gasteiger partial charge is 0.477 e. The van der Waals surface area contributed by atoms with Crippen LogP contribution in [-0.2, 0) is 49.6 Å². The van der Waals surface area contributed by atoms with Gasteiger partial charge in [-0.25, -0.2) is 18.6 Å². The van der Waals surface area contributed by atoms with E-state index in [9.17, 15) is 62.1 Å². The maximum atomic E-state index is 14.4. The van der Waals surface area contributed by atoms with Crippen LogP contribution in [-0.4, -0.2) is 168 Å². The predicted octanol–water partition coefficient (Wildman–Crippen LogP) is -4.86. The van der Waals surface area contributed by atoms with Crippen LogP contribution in [0.1, 0.15) is 83.1 Å². The molecule has 0 radical (unpaired) electrons. The number of benzene rings is 1. The third-order valence-electron chi connectivity index (χ3n) is 11.6. The summed E-state index contributed by atoms with van der Waals surface area (Å²) in [7, 11) is 0. The van der Waals surface area contributed by atoms with E-state index in [2.05, 4.69) is 42.2 Å². The Hall–Kier alpha value is -7.05. The van der Waals surface area contributed by atoms with Gasteiger partial charge in [0.15, 0.2) is 17.6 Å². The van der Waals surface area contributed by atoms with Crippen molar-refractivity contribution in [2.45, 2.75) is 126 Å². The first kappa shape index (κ1) is 64.1. The normalized spacial score (nSPS) is 16.0. The molecule has 29 heteroatoms. The molecule has 1 aromatic rings. The van der Waals surface area contributed by atoms with Crippen LogP contribution in [0.25, 0.3) is 0 Å². The summed E-state index contributed by atoms with van der Waals surface area (Å²) in [5, 5.41) is 44.2. The van der Waals surface area contributed by atoms with Crippen molar-refractivity contribution in [1.29, 1.82) is 5.41 Å². The van der Waals surface area contributed by atoms with Crippen LogP contribution in [0.5, 0.6) is 0 Å². The van der Waals surface area contributed by atoms with Gasteiger partial charge in [-0.05, 0) is 108 Å². The number of halogens is 2. The lowest BCUT2D eigenvalue weighted by molar-refractivity contribution is -0.137. The number of aliphatic carboxylic acids is 1. The first-order chi connectivity index (χ1) is 35.6. The number of hydrogen-bond donors (Lipinski definition) is 16. The van der Waals surface area contributed by atoms with Crippen LogP contribution in [0.2, 0.25) is 0 Å². The van der Waals surface area contributed by atoms with Gasteiger partial charge < -0.3 is 86.7 Å². The number of hydrogen-bond acceptors (Lipinski definition) is 16. The molecule has 1 aromatic carbocycles. The number of nitrogens with one attached hydrogen (secondary N) is 8. The fourth-order valence-electron chi connectivity index (χ4n) is 7.42. The molecule has 1 saturated heterocycles. The Balaban J connectivity index is 2.32. The van der Waals surface area contributed by atoms with Crippen LogP contribution in [0.4, 0.5) is 8.78 Å². The zero-order valence-corrected chi connectivity index (χ0v) is 42.0. The SMILES string of the molecule is C[C@H](NC(=O)[C@@H](NC(=O)[C@@H](N)CCCCN)[C@@H](O)CN)C(=O)NCC(=O)/N=C(\CCCN)C(=O)N1CCC[C@H]1C(=O)N[C@@H](Cc1ccc(F)c(F)c1)C(=O)N[C@@H](CCCCN)C(=O)N/C(=C\CCNC(=N)N)C(=O)O. The number of aliphatic hydroxyl groups excluding tert-OH is 1. The van der Waals surface area contributed by atoms with E-state index in [4.69, 9.17) is 39.8 Å². The van der Waals surface area contributed by atoms with E-state index >= 15 is 0 Å². The summed E-state index contributed by atoms with van der Waals surface area (Å²) in [6.45, 7) is 0.720. The predicted molar refractivity (Wildman–Crippen MR) is 269 cm³/mol. The van der Waals surface area contributed by atoms with Gasteiger partial charge in [0.25, 0.3) is 11.8 Å². The van der Waals surface area contributed by atoms with Gasteiger partial charge >= 0.3 is 5.97 Å². The van der Waals surface area contributed by atoms with Crippen molar-refractivity contribution >= 4 is 64.9 Å². The maximum Gasteiger partial charge on any atom is 0.352 e. The summed E-state index contributed by atoms with van der Waals surface area (Å²) in [6, 6.07) is -5.49. The topological polar surface area (TPSA) is 474 Å². The van der Waals surface area contributed by atoms with E-state index in [0.717, 1.165) is 23.1 Å². The maximum absolute atomic E-state index is 14.4. The molecule has 22 N–H and O–H groups in total. The second kappa shape index (κ2) is 33.7. The molecule has 27 nitrogen and oxygen atoms in total. The highest BCUT2D eigenvalue weighted by atomic mass is 19.2. The molecule has 7 atom stereocenters. The number of aliphatic hydroxyl groups is 1. The van der Waals surface area contributed by atoms with Crippen molar-refractivity contribution < 1.29 is 62.1 Å². The number of likely N-dealkylation sites (tertiary alicyclic amines) is 1. The van der Waals surface area contributed by atoms with Gasteiger partial charge in [-0.1, -0.05) is 18.6 Å². The molecule has 8 amide bonds. The number of carboxylic acids is 1. The number of carbonyl (C=O) groups is 9. The Morgan fingerprint density at radius 1 is 0.827 bits per heavy atom.